The Morgan fingerprint density at radius 1 is 1.27 bits per heavy atom. The molecule has 2 heteroatoms. The van der Waals surface area contributed by atoms with Gasteiger partial charge in [-0.15, -0.1) is 23.2 Å². The summed E-state index contributed by atoms with van der Waals surface area (Å²) in [6.45, 7) is 6.59. The summed E-state index contributed by atoms with van der Waals surface area (Å²) >= 11 is 12.2. The van der Waals surface area contributed by atoms with E-state index in [-0.39, 0.29) is 4.33 Å². The molecule has 0 saturated heterocycles. The highest BCUT2D eigenvalue weighted by Gasteiger charge is 2.61. The average Bonchev–Trinajstić information content (AvgIpc) is 2.33. The van der Waals surface area contributed by atoms with E-state index in [1.54, 1.807) is 0 Å². The van der Waals surface area contributed by atoms with Crippen molar-refractivity contribution in [2.45, 2.75) is 37.9 Å². The van der Waals surface area contributed by atoms with Gasteiger partial charge in [-0.05, 0) is 24.2 Å². The first-order valence-electron chi connectivity index (χ1n) is 4.38. The number of halogens is 2. The van der Waals surface area contributed by atoms with Gasteiger partial charge in [0, 0.05) is 0 Å². The molecule has 66 valence electrons. The van der Waals surface area contributed by atoms with E-state index in [9.17, 15) is 0 Å². The van der Waals surface area contributed by atoms with Crippen LogP contribution in [0.15, 0.2) is 0 Å². The molecule has 1 rings (SSSR count). The molecule has 1 aliphatic carbocycles. The monoisotopic (exact) mass is 194 g/mol. The van der Waals surface area contributed by atoms with Gasteiger partial charge in [0.2, 0.25) is 0 Å². The summed E-state index contributed by atoms with van der Waals surface area (Å²) < 4.78 is -0.390. The van der Waals surface area contributed by atoms with E-state index < -0.39 is 0 Å². The van der Waals surface area contributed by atoms with Gasteiger partial charge in [-0.2, -0.15) is 0 Å². The molecule has 0 nitrogen and oxygen atoms in total. The lowest BCUT2D eigenvalue weighted by molar-refractivity contribution is 0.507. The van der Waals surface area contributed by atoms with E-state index in [0.717, 1.165) is 6.42 Å². The topological polar surface area (TPSA) is 0 Å². The summed E-state index contributed by atoms with van der Waals surface area (Å²) in [4.78, 5) is 0. The van der Waals surface area contributed by atoms with Gasteiger partial charge in [-0.3, -0.25) is 0 Å². The van der Waals surface area contributed by atoms with Gasteiger partial charge >= 0.3 is 0 Å². The molecule has 0 aromatic heterocycles. The smallest absolute Gasteiger partial charge is 0.101 e. The molecular weight excluding hydrogens is 179 g/mol. The lowest BCUT2D eigenvalue weighted by atomic mass is 10.1. The van der Waals surface area contributed by atoms with Crippen LogP contribution < -0.4 is 0 Å². The Balaban J connectivity index is 2.39. The molecule has 1 saturated carbocycles. The average molecular weight is 195 g/mol. The summed E-state index contributed by atoms with van der Waals surface area (Å²) in [5.41, 5.74) is 0. The highest BCUT2D eigenvalue weighted by atomic mass is 35.5. The van der Waals surface area contributed by atoms with E-state index in [1.807, 2.05) is 0 Å². The first-order valence-corrected chi connectivity index (χ1v) is 5.13. The molecule has 2 atom stereocenters. The largest absolute Gasteiger partial charge is 0.124 e. The minimum atomic E-state index is -0.390. The van der Waals surface area contributed by atoms with Gasteiger partial charge in [0.25, 0.3) is 0 Å². The zero-order chi connectivity index (χ0) is 8.65. The highest BCUT2D eigenvalue weighted by Crippen LogP contribution is 2.62. The van der Waals surface area contributed by atoms with Crippen molar-refractivity contribution in [3.63, 3.8) is 0 Å². The molecule has 0 spiro atoms. The van der Waals surface area contributed by atoms with Crippen molar-refractivity contribution in [3.8, 4) is 0 Å². The van der Waals surface area contributed by atoms with Crippen molar-refractivity contribution in [2.75, 3.05) is 0 Å². The van der Waals surface area contributed by atoms with Crippen LogP contribution in [0, 0.1) is 17.8 Å². The summed E-state index contributed by atoms with van der Waals surface area (Å²) in [6.07, 6.45) is 2.29. The number of rotatable bonds is 3. The Bertz CT molecular complexity index is 140. The van der Waals surface area contributed by atoms with Crippen LogP contribution in [0.4, 0.5) is 0 Å². The zero-order valence-corrected chi connectivity index (χ0v) is 8.91. The molecule has 0 aromatic carbocycles. The molecule has 0 N–H and O–H groups in total. The lowest BCUT2D eigenvalue weighted by Crippen LogP contribution is -1.95. The molecule has 1 aliphatic rings. The van der Waals surface area contributed by atoms with Crippen LogP contribution in [0.25, 0.3) is 0 Å². The van der Waals surface area contributed by atoms with E-state index >= 15 is 0 Å². The van der Waals surface area contributed by atoms with Crippen molar-refractivity contribution < 1.29 is 0 Å². The molecule has 0 bridgehead atoms. The maximum Gasteiger partial charge on any atom is 0.124 e. The van der Waals surface area contributed by atoms with E-state index in [2.05, 4.69) is 20.8 Å². The normalized spacial score (nSPS) is 34.4. The molecule has 0 aliphatic heterocycles. The van der Waals surface area contributed by atoms with Crippen molar-refractivity contribution in [1.82, 2.24) is 0 Å². The maximum absolute atomic E-state index is 6.08. The van der Waals surface area contributed by atoms with Crippen LogP contribution in [0.5, 0.6) is 0 Å². The molecule has 0 radical (unpaired) electrons. The SMILES string of the molecule is CCC1C(CC(C)C)C1(Cl)Cl. The predicted molar refractivity (Wildman–Crippen MR) is 51.2 cm³/mol. The molecule has 0 heterocycles. The van der Waals surface area contributed by atoms with Crippen LogP contribution in [0.3, 0.4) is 0 Å². The van der Waals surface area contributed by atoms with Gasteiger partial charge in [0.15, 0.2) is 0 Å². The maximum atomic E-state index is 6.08. The molecule has 2 unspecified atom stereocenters. The van der Waals surface area contributed by atoms with Gasteiger partial charge in [-0.25, -0.2) is 0 Å². The minimum absolute atomic E-state index is 0.390. The first kappa shape index (κ1) is 9.67. The molecular formula is C9H16Cl2. The quantitative estimate of drug-likeness (QED) is 0.600. The lowest BCUT2D eigenvalue weighted by Gasteiger charge is -2.02. The Hall–Kier alpha value is 0.580. The zero-order valence-electron chi connectivity index (χ0n) is 7.40. The third-order valence-corrected chi connectivity index (χ3v) is 3.65. The third-order valence-electron chi connectivity index (χ3n) is 2.53. The van der Waals surface area contributed by atoms with Crippen molar-refractivity contribution in [2.24, 2.45) is 17.8 Å². The molecule has 1 fully saturated rings. The molecule has 0 aromatic rings. The highest BCUT2D eigenvalue weighted by molar-refractivity contribution is 6.51. The molecule has 11 heavy (non-hydrogen) atoms. The first-order chi connectivity index (χ1) is 5.00. The van der Waals surface area contributed by atoms with Gasteiger partial charge in [-0.1, -0.05) is 27.2 Å². The number of hydrogen-bond acceptors (Lipinski definition) is 0. The summed E-state index contributed by atoms with van der Waals surface area (Å²) in [5.74, 6) is 1.82. The van der Waals surface area contributed by atoms with Gasteiger partial charge in [0.1, 0.15) is 4.33 Å². The Morgan fingerprint density at radius 2 is 1.82 bits per heavy atom. The second-order valence-corrected chi connectivity index (χ2v) is 5.37. The van der Waals surface area contributed by atoms with Crippen LogP contribution in [-0.4, -0.2) is 4.33 Å². The predicted octanol–water partition coefficient (Wildman–Crippen LogP) is 3.86. The summed E-state index contributed by atoms with van der Waals surface area (Å²) in [6, 6.07) is 0. The number of hydrogen-bond donors (Lipinski definition) is 0. The fourth-order valence-electron chi connectivity index (χ4n) is 1.85. The number of alkyl halides is 2. The molecule has 0 amide bonds. The standard InChI is InChI=1S/C9H16Cl2/c1-4-7-8(5-6(2)3)9(7,10)11/h6-8H,4-5H2,1-3H3. The third kappa shape index (κ3) is 1.84. The minimum Gasteiger partial charge on any atom is -0.101 e. The van der Waals surface area contributed by atoms with Crippen molar-refractivity contribution in [1.29, 1.82) is 0 Å². The van der Waals surface area contributed by atoms with Crippen LogP contribution in [0.2, 0.25) is 0 Å². The fourth-order valence-corrected chi connectivity index (χ4v) is 2.82. The Labute approximate surface area is 79.3 Å². The summed E-state index contributed by atoms with van der Waals surface area (Å²) in [5, 5.41) is 0. The van der Waals surface area contributed by atoms with E-state index in [4.69, 9.17) is 23.2 Å². The second kappa shape index (κ2) is 3.14. The fraction of sp³-hybridized carbons (Fsp3) is 1.00. The van der Waals surface area contributed by atoms with Crippen LogP contribution in [0.1, 0.15) is 33.6 Å². The van der Waals surface area contributed by atoms with Crippen LogP contribution in [-0.2, 0) is 0 Å². The van der Waals surface area contributed by atoms with Gasteiger partial charge < -0.3 is 0 Å². The van der Waals surface area contributed by atoms with E-state index in [0.29, 0.717) is 17.8 Å². The van der Waals surface area contributed by atoms with E-state index in [1.165, 1.54) is 6.42 Å². The Kier molecular flexibility index (Phi) is 2.76. The second-order valence-electron chi connectivity index (χ2n) is 3.93. The van der Waals surface area contributed by atoms with Crippen molar-refractivity contribution >= 4 is 23.2 Å². The van der Waals surface area contributed by atoms with Gasteiger partial charge in [0.05, 0.1) is 0 Å². The van der Waals surface area contributed by atoms with Crippen molar-refractivity contribution in [3.05, 3.63) is 0 Å². The summed E-state index contributed by atoms with van der Waals surface area (Å²) in [7, 11) is 0. The van der Waals surface area contributed by atoms with Crippen LogP contribution >= 0.6 is 23.2 Å². The Morgan fingerprint density at radius 3 is 2.09 bits per heavy atom.